The lowest BCUT2D eigenvalue weighted by Gasteiger charge is -2.14. The number of rotatable bonds is 5. The molecule has 0 fully saturated rings. The summed E-state index contributed by atoms with van der Waals surface area (Å²) in [4.78, 5) is 28.0. The van der Waals surface area contributed by atoms with Crippen LogP contribution in [0, 0.1) is 6.92 Å². The number of amides is 3. The second kappa shape index (κ2) is 9.78. The van der Waals surface area contributed by atoms with Crippen LogP contribution in [-0.4, -0.2) is 24.0 Å². The van der Waals surface area contributed by atoms with Gasteiger partial charge in [-0.05, 0) is 42.8 Å². The number of alkyl halides is 3. The van der Waals surface area contributed by atoms with Crippen LogP contribution in [0.1, 0.15) is 21.6 Å². The molecule has 0 bridgehead atoms. The number of hydrogen-bond donors (Lipinski definition) is 3. The lowest BCUT2D eigenvalue weighted by Crippen LogP contribution is -2.20. The van der Waals surface area contributed by atoms with Gasteiger partial charge in [0.2, 0.25) is 0 Å². The van der Waals surface area contributed by atoms with Crippen molar-refractivity contribution in [2.75, 3.05) is 17.7 Å². The molecule has 0 aliphatic rings. The van der Waals surface area contributed by atoms with Gasteiger partial charge in [-0.15, -0.1) is 0 Å². The maximum Gasteiger partial charge on any atom is 0.417 e. The molecule has 0 atom stereocenters. The Balaban J connectivity index is 1.74. The Morgan fingerprint density at radius 3 is 2.33 bits per heavy atom. The molecule has 3 amide bonds. The van der Waals surface area contributed by atoms with Crippen molar-refractivity contribution in [1.29, 1.82) is 0 Å². The summed E-state index contributed by atoms with van der Waals surface area (Å²) in [5.74, 6) is 0.377. The van der Waals surface area contributed by atoms with Crippen molar-refractivity contribution >= 4 is 34.9 Å². The first kappa shape index (κ1) is 23.9. The molecule has 1 aromatic heterocycles. The largest absolute Gasteiger partial charge is 0.457 e. The van der Waals surface area contributed by atoms with Crippen molar-refractivity contribution in [2.24, 2.45) is 0 Å². The monoisotopic (exact) mass is 478 g/mol. The van der Waals surface area contributed by atoms with Gasteiger partial charge in [0.25, 0.3) is 5.91 Å². The van der Waals surface area contributed by atoms with Crippen molar-refractivity contribution in [1.82, 2.24) is 10.3 Å². The van der Waals surface area contributed by atoms with Gasteiger partial charge in [-0.2, -0.15) is 13.2 Å². The minimum atomic E-state index is -4.65. The van der Waals surface area contributed by atoms with Crippen LogP contribution in [0.5, 0.6) is 11.5 Å². The fourth-order valence-electron chi connectivity index (χ4n) is 2.76. The maximum absolute atomic E-state index is 13.0. The van der Waals surface area contributed by atoms with Gasteiger partial charge >= 0.3 is 12.2 Å². The Bertz CT molecular complexity index is 1200. The highest BCUT2D eigenvalue weighted by molar-refractivity contribution is 6.31. The van der Waals surface area contributed by atoms with Crippen LogP contribution in [0.25, 0.3) is 0 Å². The number of benzene rings is 2. The number of aryl methyl sites for hydroxylation is 1. The van der Waals surface area contributed by atoms with Crippen LogP contribution in [0.4, 0.5) is 29.3 Å². The average molecular weight is 479 g/mol. The van der Waals surface area contributed by atoms with E-state index in [4.69, 9.17) is 16.3 Å². The highest BCUT2D eigenvalue weighted by atomic mass is 35.5. The molecule has 33 heavy (non-hydrogen) atoms. The van der Waals surface area contributed by atoms with Gasteiger partial charge in [0.1, 0.15) is 17.2 Å². The Hall–Kier alpha value is -3.79. The molecule has 7 nitrogen and oxygen atoms in total. The van der Waals surface area contributed by atoms with Crippen molar-refractivity contribution in [3.05, 3.63) is 76.6 Å². The SMILES string of the molecule is CNC(=O)c1cc(Oc2cc(NC(=O)Nc3ccc(Cl)c(C(F)(F)F)c3)ccc2C)ccn1. The molecular formula is C22H18ClF3N4O3. The standard InChI is InChI=1S/C22H18ClF3N4O3/c1-12-3-4-14(10-19(12)33-15-7-8-28-18(11-15)20(31)27-2)30-21(32)29-13-5-6-17(23)16(9-13)22(24,25)26/h3-11H,1-2H3,(H,27,31)(H2,29,30,32). The van der Waals surface area contributed by atoms with E-state index in [2.05, 4.69) is 20.9 Å². The fraction of sp³-hybridized carbons (Fsp3) is 0.136. The third-order valence-electron chi connectivity index (χ3n) is 4.39. The number of halogens is 4. The normalized spacial score (nSPS) is 11.0. The molecule has 172 valence electrons. The molecule has 0 saturated carbocycles. The molecule has 1 heterocycles. The summed E-state index contributed by atoms with van der Waals surface area (Å²) in [6.07, 6.45) is -3.23. The molecule has 0 saturated heterocycles. The number of aromatic nitrogens is 1. The van der Waals surface area contributed by atoms with Crippen LogP contribution >= 0.6 is 11.6 Å². The topological polar surface area (TPSA) is 92.4 Å². The molecule has 0 aliphatic carbocycles. The number of ether oxygens (including phenoxy) is 1. The van der Waals surface area contributed by atoms with Gasteiger partial charge < -0.3 is 20.7 Å². The van der Waals surface area contributed by atoms with E-state index in [1.54, 1.807) is 25.1 Å². The van der Waals surface area contributed by atoms with Crippen molar-refractivity contribution < 1.29 is 27.5 Å². The maximum atomic E-state index is 13.0. The first-order chi connectivity index (χ1) is 15.6. The molecule has 3 rings (SSSR count). The van der Waals surface area contributed by atoms with Crippen molar-refractivity contribution in [3.8, 4) is 11.5 Å². The predicted molar refractivity (Wildman–Crippen MR) is 118 cm³/mol. The summed E-state index contributed by atoms with van der Waals surface area (Å²) in [5.41, 5.74) is 0.112. The summed E-state index contributed by atoms with van der Waals surface area (Å²) in [6.45, 7) is 1.78. The Labute approximate surface area is 191 Å². The molecule has 2 aromatic carbocycles. The second-order valence-corrected chi connectivity index (χ2v) is 7.22. The van der Waals surface area contributed by atoms with Crippen molar-refractivity contribution in [2.45, 2.75) is 13.1 Å². The molecule has 0 radical (unpaired) electrons. The zero-order chi connectivity index (χ0) is 24.2. The third-order valence-corrected chi connectivity index (χ3v) is 4.72. The highest BCUT2D eigenvalue weighted by Crippen LogP contribution is 2.36. The lowest BCUT2D eigenvalue weighted by molar-refractivity contribution is -0.137. The molecule has 3 aromatic rings. The molecule has 0 spiro atoms. The summed E-state index contributed by atoms with van der Waals surface area (Å²) < 4.78 is 44.9. The zero-order valence-corrected chi connectivity index (χ0v) is 18.1. The van der Waals surface area contributed by atoms with E-state index in [1.165, 1.54) is 31.4 Å². The average Bonchev–Trinajstić information content (AvgIpc) is 2.76. The number of carbonyl (C=O) groups excluding carboxylic acids is 2. The predicted octanol–water partition coefficient (Wildman–Crippen LogP) is 5.86. The van der Waals surface area contributed by atoms with E-state index in [-0.39, 0.29) is 17.3 Å². The number of urea groups is 1. The van der Waals surface area contributed by atoms with E-state index in [0.29, 0.717) is 17.2 Å². The van der Waals surface area contributed by atoms with E-state index in [0.717, 1.165) is 17.7 Å². The molecular weight excluding hydrogens is 461 g/mol. The molecule has 3 N–H and O–H groups in total. The minimum Gasteiger partial charge on any atom is -0.457 e. The third kappa shape index (κ3) is 6.13. The van der Waals surface area contributed by atoms with Gasteiger partial charge in [0.15, 0.2) is 0 Å². The molecule has 0 unspecified atom stereocenters. The second-order valence-electron chi connectivity index (χ2n) is 6.81. The Morgan fingerprint density at radius 1 is 1.00 bits per heavy atom. The van der Waals surface area contributed by atoms with Gasteiger partial charge in [-0.1, -0.05) is 17.7 Å². The van der Waals surface area contributed by atoms with Crippen molar-refractivity contribution in [3.63, 3.8) is 0 Å². The summed E-state index contributed by atoms with van der Waals surface area (Å²) in [6, 6.07) is 10.2. The lowest BCUT2D eigenvalue weighted by atomic mass is 10.2. The Kier molecular flexibility index (Phi) is 7.07. The number of nitrogens with zero attached hydrogens (tertiary/aromatic N) is 1. The molecule has 0 aliphatic heterocycles. The number of carbonyl (C=O) groups is 2. The first-order valence-electron chi connectivity index (χ1n) is 9.48. The van der Waals surface area contributed by atoms with Crippen LogP contribution in [-0.2, 0) is 6.18 Å². The zero-order valence-electron chi connectivity index (χ0n) is 17.4. The van der Waals surface area contributed by atoms with E-state index in [9.17, 15) is 22.8 Å². The number of anilines is 2. The van der Waals surface area contributed by atoms with E-state index < -0.39 is 22.8 Å². The van der Waals surface area contributed by atoms with Gasteiger partial charge in [-0.3, -0.25) is 9.78 Å². The quantitative estimate of drug-likeness (QED) is 0.428. The van der Waals surface area contributed by atoms with Gasteiger partial charge in [0, 0.05) is 36.8 Å². The number of pyridine rings is 1. The van der Waals surface area contributed by atoms with Crippen LogP contribution < -0.4 is 20.7 Å². The fourth-order valence-corrected chi connectivity index (χ4v) is 2.98. The van der Waals surface area contributed by atoms with Crippen LogP contribution in [0.3, 0.4) is 0 Å². The highest BCUT2D eigenvalue weighted by Gasteiger charge is 2.33. The first-order valence-corrected chi connectivity index (χ1v) is 9.86. The summed E-state index contributed by atoms with van der Waals surface area (Å²) >= 11 is 5.59. The van der Waals surface area contributed by atoms with E-state index in [1.807, 2.05) is 0 Å². The van der Waals surface area contributed by atoms with Gasteiger partial charge in [0.05, 0.1) is 10.6 Å². The van der Waals surface area contributed by atoms with Crippen LogP contribution in [0.15, 0.2) is 54.7 Å². The Morgan fingerprint density at radius 2 is 1.67 bits per heavy atom. The number of hydrogen-bond acceptors (Lipinski definition) is 4. The summed E-state index contributed by atoms with van der Waals surface area (Å²) in [5, 5.41) is 6.87. The van der Waals surface area contributed by atoms with E-state index >= 15 is 0 Å². The molecule has 11 heteroatoms. The van der Waals surface area contributed by atoms with Gasteiger partial charge in [-0.25, -0.2) is 4.79 Å². The van der Waals surface area contributed by atoms with Crippen LogP contribution in [0.2, 0.25) is 5.02 Å². The number of nitrogens with one attached hydrogen (secondary N) is 3. The smallest absolute Gasteiger partial charge is 0.417 e. The minimum absolute atomic E-state index is 0.0775. The summed E-state index contributed by atoms with van der Waals surface area (Å²) in [7, 11) is 1.48.